The summed E-state index contributed by atoms with van der Waals surface area (Å²) in [5.41, 5.74) is 2.04. The van der Waals surface area contributed by atoms with Gasteiger partial charge in [-0.25, -0.2) is 4.98 Å². The van der Waals surface area contributed by atoms with Crippen LogP contribution in [0.3, 0.4) is 0 Å². The Kier molecular flexibility index (Phi) is 6.45. The molecule has 0 aliphatic carbocycles. The normalized spacial score (nSPS) is 11.6. The molecule has 0 saturated heterocycles. The molecule has 2 heterocycles. The van der Waals surface area contributed by atoms with Crippen molar-refractivity contribution in [1.82, 2.24) is 14.5 Å². The van der Waals surface area contributed by atoms with Crippen LogP contribution < -0.4 is 10.3 Å². The fourth-order valence-corrected chi connectivity index (χ4v) is 4.05. The number of benzene rings is 2. The molecule has 4 aromatic rings. The van der Waals surface area contributed by atoms with Gasteiger partial charge in [0.2, 0.25) is 0 Å². The Bertz CT molecular complexity index is 1280. The lowest BCUT2D eigenvalue weighted by Crippen LogP contribution is -2.24. The van der Waals surface area contributed by atoms with Gasteiger partial charge in [0.05, 0.1) is 17.4 Å². The van der Waals surface area contributed by atoms with Gasteiger partial charge in [-0.2, -0.15) is 13.2 Å². The first-order valence-electron chi connectivity index (χ1n) is 9.69. The minimum absolute atomic E-state index is 0.139. The van der Waals surface area contributed by atoms with Crippen LogP contribution in [0.25, 0.3) is 10.9 Å². The van der Waals surface area contributed by atoms with E-state index in [-0.39, 0.29) is 11.3 Å². The van der Waals surface area contributed by atoms with Gasteiger partial charge in [0, 0.05) is 18.1 Å². The molecule has 0 radical (unpaired) electrons. The third kappa shape index (κ3) is 5.47. The minimum Gasteiger partial charge on any atom is -0.484 e. The average molecular weight is 457 g/mol. The quantitative estimate of drug-likeness (QED) is 0.286. The highest BCUT2D eigenvalue weighted by atomic mass is 32.2. The molecule has 0 bridgehead atoms. The van der Waals surface area contributed by atoms with E-state index in [9.17, 15) is 18.0 Å². The molecule has 0 spiro atoms. The summed E-state index contributed by atoms with van der Waals surface area (Å²) in [6.07, 6.45) is -1.05. The molecule has 0 atom stereocenters. The number of nitrogens with zero attached hydrogens (tertiary/aromatic N) is 3. The zero-order chi connectivity index (χ0) is 22.6. The fourth-order valence-electron chi connectivity index (χ4n) is 3.11. The Morgan fingerprint density at radius 3 is 2.59 bits per heavy atom. The van der Waals surface area contributed by atoms with Gasteiger partial charge in [-0.1, -0.05) is 42.1 Å². The third-order valence-electron chi connectivity index (χ3n) is 4.56. The first-order chi connectivity index (χ1) is 15.4. The van der Waals surface area contributed by atoms with Crippen LogP contribution in [0.1, 0.15) is 11.1 Å². The lowest BCUT2D eigenvalue weighted by atomic mass is 10.2. The SMILES string of the molecule is O=c1c2ccccc2nc(SCc2cccc(OCC(F)(F)F)c2)n1Cc1cccnc1. The predicted octanol–water partition coefficient (Wildman–Crippen LogP) is 5.07. The van der Waals surface area contributed by atoms with Gasteiger partial charge in [0.15, 0.2) is 11.8 Å². The monoisotopic (exact) mass is 457 g/mol. The summed E-state index contributed by atoms with van der Waals surface area (Å²) in [6.45, 7) is -1.04. The van der Waals surface area contributed by atoms with Gasteiger partial charge in [-0.15, -0.1) is 0 Å². The second-order valence-electron chi connectivity index (χ2n) is 7.00. The molecular formula is C23H18F3N3O2S. The van der Waals surface area contributed by atoms with Crippen LogP contribution in [0.4, 0.5) is 13.2 Å². The summed E-state index contributed by atoms with van der Waals surface area (Å²) in [5.74, 6) is 0.542. The number of hydrogen-bond donors (Lipinski definition) is 0. The first-order valence-corrected chi connectivity index (χ1v) is 10.7. The van der Waals surface area contributed by atoms with Gasteiger partial charge < -0.3 is 4.74 Å². The van der Waals surface area contributed by atoms with E-state index in [2.05, 4.69) is 9.97 Å². The largest absolute Gasteiger partial charge is 0.484 e. The van der Waals surface area contributed by atoms with E-state index >= 15 is 0 Å². The molecule has 0 amide bonds. The van der Waals surface area contributed by atoms with E-state index < -0.39 is 12.8 Å². The Labute approximate surface area is 185 Å². The molecular weight excluding hydrogens is 439 g/mol. The van der Waals surface area contributed by atoms with E-state index in [1.165, 1.54) is 17.8 Å². The number of halogens is 3. The number of fused-ring (bicyclic) bond motifs is 1. The number of aromatic nitrogens is 3. The average Bonchev–Trinajstić information content (AvgIpc) is 2.79. The summed E-state index contributed by atoms with van der Waals surface area (Å²) < 4.78 is 43.7. The molecule has 5 nitrogen and oxygen atoms in total. The number of ether oxygens (including phenoxy) is 1. The molecule has 9 heteroatoms. The van der Waals surface area contributed by atoms with Crippen molar-refractivity contribution in [2.24, 2.45) is 0 Å². The zero-order valence-electron chi connectivity index (χ0n) is 16.7. The second-order valence-corrected chi connectivity index (χ2v) is 7.95. The van der Waals surface area contributed by atoms with Gasteiger partial charge in [0.25, 0.3) is 5.56 Å². The van der Waals surface area contributed by atoms with Crippen LogP contribution in [0, 0.1) is 0 Å². The summed E-state index contributed by atoms with van der Waals surface area (Å²) >= 11 is 1.33. The number of rotatable bonds is 7. The fraction of sp³-hybridized carbons (Fsp3) is 0.174. The lowest BCUT2D eigenvalue weighted by Gasteiger charge is -2.14. The van der Waals surface area contributed by atoms with Crippen LogP contribution in [0.2, 0.25) is 0 Å². The van der Waals surface area contributed by atoms with E-state index in [0.29, 0.717) is 28.4 Å². The molecule has 164 valence electrons. The molecule has 4 rings (SSSR count). The number of alkyl halides is 3. The van der Waals surface area contributed by atoms with E-state index in [0.717, 1.165) is 11.1 Å². The van der Waals surface area contributed by atoms with Crippen LogP contribution in [-0.4, -0.2) is 27.3 Å². The molecule has 0 N–H and O–H groups in total. The highest BCUT2D eigenvalue weighted by Gasteiger charge is 2.28. The van der Waals surface area contributed by atoms with Gasteiger partial charge >= 0.3 is 6.18 Å². The Morgan fingerprint density at radius 2 is 1.81 bits per heavy atom. The van der Waals surface area contributed by atoms with Crippen molar-refractivity contribution in [2.45, 2.75) is 23.6 Å². The number of para-hydroxylation sites is 1. The molecule has 32 heavy (non-hydrogen) atoms. The predicted molar refractivity (Wildman–Crippen MR) is 117 cm³/mol. The summed E-state index contributed by atoms with van der Waals surface area (Å²) in [5, 5.41) is 1.03. The van der Waals surface area contributed by atoms with Crippen molar-refractivity contribution in [2.75, 3.05) is 6.61 Å². The van der Waals surface area contributed by atoms with Gasteiger partial charge in [-0.3, -0.25) is 14.3 Å². The van der Waals surface area contributed by atoms with Crippen molar-refractivity contribution in [3.63, 3.8) is 0 Å². The molecule has 2 aromatic carbocycles. The number of pyridine rings is 1. The second kappa shape index (κ2) is 9.44. The van der Waals surface area contributed by atoms with Crippen LogP contribution in [0.5, 0.6) is 5.75 Å². The third-order valence-corrected chi connectivity index (χ3v) is 5.61. The Morgan fingerprint density at radius 1 is 1.00 bits per heavy atom. The van der Waals surface area contributed by atoms with Crippen molar-refractivity contribution < 1.29 is 17.9 Å². The van der Waals surface area contributed by atoms with Crippen molar-refractivity contribution >= 4 is 22.7 Å². The van der Waals surface area contributed by atoms with Crippen LogP contribution in [0.15, 0.2) is 83.0 Å². The van der Waals surface area contributed by atoms with Crippen molar-refractivity contribution in [1.29, 1.82) is 0 Å². The van der Waals surface area contributed by atoms with Crippen molar-refractivity contribution in [3.8, 4) is 5.75 Å². The maximum Gasteiger partial charge on any atom is 0.422 e. The zero-order valence-corrected chi connectivity index (χ0v) is 17.6. The highest BCUT2D eigenvalue weighted by Crippen LogP contribution is 2.25. The smallest absolute Gasteiger partial charge is 0.422 e. The first kappa shape index (κ1) is 21.9. The minimum atomic E-state index is -4.40. The molecule has 0 aliphatic rings. The lowest BCUT2D eigenvalue weighted by molar-refractivity contribution is -0.153. The molecule has 0 saturated carbocycles. The maximum absolute atomic E-state index is 13.2. The van der Waals surface area contributed by atoms with Gasteiger partial charge in [0.1, 0.15) is 5.75 Å². The van der Waals surface area contributed by atoms with Crippen molar-refractivity contribution in [3.05, 3.63) is 94.5 Å². The molecule has 0 unspecified atom stereocenters. The summed E-state index contributed by atoms with van der Waals surface area (Å²) in [6, 6.07) is 17.3. The van der Waals surface area contributed by atoms with E-state index in [1.54, 1.807) is 59.4 Å². The standard InChI is InChI=1S/C23H18F3N3O2S/c24-23(25,26)15-31-18-7-3-5-16(11-18)14-32-22-28-20-9-2-1-8-19(20)21(30)29(22)13-17-6-4-10-27-12-17/h1-12H,13-15H2. The van der Waals surface area contributed by atoms with Gasteiger partial charge in [-0.05, 0) is 41.5 Å². The molecule has 0 fully saturated rings. The highest BCUT2D eigenvalue weighted by molar-refractivity contribution is 7.98. The van der Waals surface area contributed by atoms with E-state index in [1.807, 2.05) is 12.1 Å². The Hall–Kier alpha value is -3.33. The van der Waals surface area contributed by atoms with E-state index in [4.69, 9.17) is 4.74 Å². The van der Waals surface area contributed by atoms with Crippen LogP contribution >= 0.6 is 11.8 Å². The number of hydrogen-bond acceptors (Lipinski definition) is 5. The number of thioether (sulfide) groups is 1. The summed E-state index contributed by atoms with van der Waals surface area (Å²) in [4.78, 5) is 21.9. The summed E-state index contributed by atoms with van der Waals surface area (Å²) in [7, 11) is 0. The maximum atomic E-state index is 13.2. The molecule has 0 aliphatic heterocycles. The Balaban J connectivity index is 1.61. The molecule has 2 aromatic heterocycles. The topological polar surface area (TPSA) is 57.0 Å². The van der Waals surface area contributed by atoms with Crippen LogP contribution in [-0.2, 0) is 12.3 Å².